The van der Waals surface area contributed by atoms with Crippen LogP contribution in [0.3, 0.4) is 0 Å². The summed E-state index contributed by atoms with van der Waals surface area (Å²) in [7, 11) is 0. The molecule has 9 heteroatoms. The number of halogens is 4. The van der Waals surface area contributed by atoms with E-state index in [1.54, 1.807) is 4.90 Å². The van der Waals surface area contributed by atoms with Crippen molar-refractivity contribution in [3.05, 3.63) is 52.3 Å². The monoisotopic (exact) mass is 400 g/mol. The Hall–Kier alpha value is -2.06. The molecular formula is C18H20ClF3N4O. The highest BCUT2D eigenvalue weighted by molar-refractivity contribution is 6.31. The van der Waals surface area contributed by atoms with E-state index in [9.17, 15) is 18.0 Å². The van der Waals surface area contributed by atoms with E-state index in [0.29, 0.717) is 37.7 Å². The molecule has 1 fully saturated rings. The van der Waals surface area contributed by atoms with Gasteiger partial charge in [0, 0.05) is 37.7 Å². The molecule has 0 N–H and O–H groups in total. The molecule has 146 valence electrons. The Balaban J connectivity index is 1.57. The third kappa shape index (κ3) is 4.81. The number of amides is 1. The lowest BCUT2D eigenvalue weighted by Gasteiger charge is -2.35. The molecule has 0 saturated carbocycles. The van der Waals surface area contributed by atoms with Crippen LogP contribution in [0.15, 0.2) is 30.3 Å². The number of rotatable bonds is 4. The second-order valence-electron chi connectivity index (χ2n) is 6.57. The summed E-state index contributed by atoms with van der Waals surface area (Å²) in [6.07, 6.45) is -4.53. The van der Waals surface area contributed by atoms with E-state index < -0.39 is 18.4 Å². The first-order chi connectivity index (χ1) is 12.7. The van der Waals surface area contributed by atoms with Crippen LogP contribution >= 0.6 is 11.6 Å². The van der Waals surface area contributed by atoms with E-state index in [2.05, 4.69) is 10.00 Å². The largest absolute Gasteiger partial charge is 0.433 e. The van der Waals surface area contributed by atoms with Crippen LogP contribution in [0, 0.1) is 6.92 Å². The molecule has 0 atom stereocenters. The van der Waals surface area contributed by atoms with Gasteiger partial charge in [-0.3, -0.25) is 14.4 Å². The van der Waals surface area contributed by atoms with Crippen molar-refractivity contribution >= 4 is 17.5 Å². The van der Waals surface area contributed by atoms with Crippen LogP contribution in [0.4, 0.5) is 13.2 Å². The van der Waals surface area contributed by atoms with E-state index in [1.165, 1.54) is 6.92 Å². The number of nitrogens with zero attached hydrogens (tertiary/aromatic N) is 4. The summed E-state index contributed by atoms with van der Waals surface area (Å²) in [6, 6.07) is 8.54. The number of carbonyl (C=O) groups is 1. The van der Waals surface area contributed by atoms with Gasteiger partial charge in [-0.2, -0.15) is 18.3 Å². The molecule has 0 spiro atoms. The Bertz CT molecular complexity index is 813. The highest BCUT2D eigenvalue weighted by atomic mass is 35.5. The van der Waals surface area contributed by atoms with Gasteiger partial charge in [0.2, 0.25) is 5.91 Å². The van der Waals surface area contributed by atoms with Crippen molar-refractivity contribution in [2.75, 3.05) is 26.2 Å². The van der Waals surface area contributed by atoms with Gasteiger partial charge in [0.25, 0.3) is 0 Å². The van der Waals surface area contributed by atoms with Crippen molar-refractivity contribution in [2.24, 2.45) is 0 Å². The fraction of sp³-hybridized carbons (Fsp3) is 0.444. The molecule has 1 amide bonds. The van der Waals surface area contributed by atoms with E-state index in [4.69, 9.17) is 11.6 Å². The van der Waals surface area contributed by atoms with Gasteiger partial charge in [0.05, 0.1) is 5.69 Å². The molecule has 1 aliphatic heterocycles. The molecule has 0 bridgehead atoms. The zero-order valence-corrected chi connectivity index (χ0v) is 15.6. The quantitative estimate of drug-likeness (QED) is 0.791. The molecule has 2 heterocycles. The van der Waals surface area contributed by atoms with Crippen molar-refractivity contribution in [3.8, 4) is 0 Å². The maximum absolute atomic E-state index is 13.0. The average molecular weight is 401 g/mol. The first-order valence-electron chi connectivity index (χ1n) is 8.59. The molecule has 5 nitrogen and oxygen atoms in total. The van der Waals surface area contributed by atoms with Gasteiger partial charge in [-0.05, 0) is 24.6 Å². The zero-order valence-electron chi connectivity index (χ0n) is 14.8. The number of carbonyl (C=O) groups excluding carboxylic acids is 1. The lowest BCUT2D eigenvalue weighted by molar-refractivity contribution is -0.146. The van der Waals surface area contributed by atoms with Crippen molar-refractivity contribution < 1.29 is 18.0 Å². The van der Waals surface area contributed by atoms with Gasteiger partial charge in [-0.1, -0.05) is 29.8 Å². The van der Waals surface area contributed by atoms with Crippen LogP contribution in [0.2, 0.25) is 5.02 Å². The first-order valence-corrected chi connectivity index (χ1v) is 8.97. The second-order valence-corrected chi connectivity index (χ2v) is 6.98. The minimum absolute atomic E-state index is 0.236. The van der Waals surface area contributed by atoms with Crippen molar-refractivity contribution in [1.29, 1.82) is 0 Å². The molecule has 0 radical (unpaired) electrons. The van der Waals surface area contributed by atoms with Crippen LogP contribution in [-0.2, 0) is 24.1 Å². The minimum Gasteiger partial charge on any atom is -0.339 e. The van der Waals surface area contributed by atoms with Gasteiger partial charge in [-0.15, -0.1) is 0 Å². The third-order valence-electron chi connectivity index (χ3n) is 4.55. The molecule has 1 aromatic carbocycles. The molecule has 0 unspecified atom stereocenters. The Labute approximate surface area is 160 Å². The SMILES string of the molecule is Cc1cc(C(F)(F)F)n(CC(=O)N2CCN(Cc3ccccc3Cl)CC2)n1. The molecule has 1 saturated heterocycles. The number of hydrogen-bond donors (Lipinski definition) is 0. The Kier molecular flexibility index (Phi) is 5.76. The average Bonchev–Trinajstić information content (AvgIpc) is 2.98. The molecule has 0 aliphatic carbocycles. The van der Waals surface area contributed by atoms with Crippen molar-refractivity contribution in [2.45, 2.75) is 26.2 Å². The van der Waals surface area contributed by atoms with Gasteiger partial charge >= 0.3 is 6.18 Å². The maximum atomic E-state index is 13.0. The highest BCUT2D eigenvalue weighted by Gasteiger charge is 2.36. The normalized spacial score (nSPS) is 16.0. The van der Waals surface area contributed by atoms with Crippen LogP contribution in [0.25, 0.3) is 0 Å². The smallest absolute Gasteiger partial charge is 0.339 e. The molecule has 2 aromatic rings. The lowest BCUT2D eigenvalue weighted by atomic mass is 10.2. The maximum Gasteiger partial charge on any atom is 0.433 e. The Morgan fingerprint density at radius 2 is 1.85 bits per heavy atom. The Morgan fingerprint density at radius 3 is 2.48 bits per heavy atom. The predicted octanol–water partition coefficient (Wildman–Crippen LogP) is 3.21. The predicted molar refractivity (Wildman–Crippen MR) is 95.3 cm³/mol. The number of hydrogen-bond acceptors (Lipinski definition) is 3. The summed E-state index contributed by atoms with van der Waals surface area (Å²) >= 11 is 6.17. The fourth-order valence-corrected chi connectivity index (χ4v) is 3.34. The van der Waals surface area contributed by atoms with Crippen LogP contribution in [-0.4, -0.2) is 51.7 Å². The van der Waals surface area contributed by atoms with Gasteiger partial charge in [-0.25, -0.2) is 0 Å². The van der Waals surface area contributed by atoms with E-state index in [0.717, 1.165) is 16.3 Å². The summed E-state index contributed by atoms with van der Waals surface area (Å²) in [5.41, 5.74) is 0.353. The van der Waals surface area contributed by atoms with Gasteiger partial charge in [0.1, 0.15) is 12.2 Å². The lowest BCUT2D eigenvalue weighted by Crippen LogP contribution is -2.49. The summed E-state index contributed by atoms with van der Waals surface area (Å²) in [5.74, 6) is -0.360. The van der Waals surface area contributed by atoms with E-state index in [1.807, 2.05) is 24.3 Å². The number of piperazine rings is 1. The molecule has 1 aliphatic rings. The second kappa shape index (κ2) is 7.90. The Morgan fingerprint density at radius 1 is 1.19 bits per heavy atom. The molecular weight excluding hydrogens is 381 g/mol. The fourth-order valence-electron chi connectivity index (χ4n) is 3.15. The molecule has 27 heavy (non-hydrogen) atoms. The van der Waals surface area contributed by atoms with Crippen molar-refractivity contribution in [1.82, 2.24) is 19.6 Å². The highest BCUT2D eigenvalue weighted by Crippen LogP contribution is 2.29. The summed E-state index contributed by atoms with van der Waals surface area (Å²) in [5, 5.41) is 4.52. The van der Waals surface area contributed by atoms with Crippen LogP contribution < -0.4 is 0 Å². The number of benzene rings is 1. The van der Waals surface area contributed by atoms with Crippen molar-refractivity contribution in [3.63, 3.8) is 0 Å². The van der Waals surface area contributed by atoms with E-state index in [-0.39, 0.29) is 11.6 Å². The summed E-state index contributed by atoms with van der Waals surface area (Å²) in [4.78, 5) is 16.2. The van der Waals surface area contributed by atoms with Crippen LogP contribution in [0.1, 0.15) is 17.0 Å². The number of aryl methyl sites for hydroxylation is 1. The summed E-state index contributed by atoms with van der Waals surface area (Å²) < 4.78 is 39.9. The topological polar surface area (TPSA) is 41.4 Å². The van der Waals surface area contributed by atoms with E-state index >= 15 is 0 Å². The first kappa shape index (κ1) is 19.7. The van der Waals surface area contributed by atoms with Gasteiger partial charge in [0.15, 0.2) is 0 Å². The summed E-state index contributed by atoms with van der Waals surface area (Å²) in [6.45, 7) is 3.95. The van der Waals surface area contributed by atoms with Gasteiger partial charge < -0.3 is 4.90 Å². The number of aromatic nitrogens is 2. The zero-order chi connectivity index (χ0) is 19.6. The standard InChI is InChI=1S/C18H20ClF3N4O/c1-13-10-16(18(20,21)22)26(23-13)12-17(27)25-8-6-24(7-9-25)11-14-4-2-3-5-15(14)19/h2-5,10H,6-9,11-12H2,1H3. The molecule has 1 aromatic heterocycles. The molecule has 3 rings (SSSR count). The third-order valence-corrected chi connectivity index (χ3v) is 4.92. The number of alkyl halides is 3. The minimum atomic E-state index is -4.53. The van der Waals surface area contributed by atoms with Crippen LogP contribution in [0.5, 0.6) is 0 Å².